The largest absolute Gasteiger partial charge is 0.395 e. The molecule has 0 fully saturated rings. The van der Waals surface area contributed by atoms with Gasteiger partial charge in [0.2, 0.25) is 10.0 Å². The third-order valence-electron chi connectivity index (χ3n) is 4.22. The molecule has 0 bridgehead atoms. The van der Waals surface area contributed by atoms with Crippen LogP contribution in [0.1, 0.15) is 23.7 Å². The molecule has 0 saturated carbocycles. The highest BCUT2D eigenvalue weighted by molar-refractivity contribution is 7.89. The second-order valence-electron chi connectivity index (χ2n) is 6.24. The number of nitrogens with two attached hydrogens (primary N) is 1. The van der Waals surface area contributed by atoms with E-state index >= 15 is 0 Å². The number of primary sulfonamides is 1. The second-order valence-corrected chi connectivity index (χ2v) is 7.80. The van der Waals surface area contributed by atoms with Crippen molar-refractivity contribution in [3.63, 3.8) is 0 Å². The van der Waals surface area contributed by atoms with Crippen LogP contribution in [0.2, 0.25) is 0 Å². The van der Waals surface area contributed by atoms with Gasteiger partial charge >= 0.3 is 0 Å². The van der Waals surface area contributed by atoms with Crippen LogP contribution in [0.25, 0.3) is 0 Å². The lowest BCUT2D eigenvalue weighted by atomic mass is 10.1. The Bertz CT molecular complexity index is 764. The summed E-state index contributed by atoms with van der Waals surface area (Å²) in [5.74, 6) is 0. The summed E-state index contributed by atoms with van der Waals surface area (Å²) in [6.45, 7) is 1.70. The van der Waals surface area contributed by atoms with Crippen molar-refractivity contribution in [3.8, 4) is 0 Å². The number of rotatable bonds is 10. The first kappa shape index (κ1) is 20.5. The Kier molecular flexibility index (Phi) is 7.74. The van der Waals surface area contributed by atoms with Gasteiger partial charge in [0.25, 0.3) is 0 Å². The van der Waals surface area contributed by atoms with Gasteiger partial charge in [0, 0.05) is 13.1 Å². The van der Waals surface area contributed by atoms with Crippen LogP contribution in [0.15, 0.2) is 59.5 Å². The van der Waals surface area contributed by atoms with Crippen LogP contribution in [0.3, 0.4) is 0 Å². The summed E-state index contributed by atoms with van der Waals surface area (Å²) in [6.07, 6.45) is 1.00. The molecule has 0 aromatic heterocycles. The van der Waals surface area contributed by atoms with Gasteiger partial charge < -0.3 is 10.2 Å². The summed E-state index contributed by atoms with van der Waals surface area (Å²) in [5.41, 5.74) is 1.87. The van der Waals surface area contributed by atoms with Crippen LogP contribution >= 0.6 is 0 Å². The standard InChI is InChI=1S/C19H26N2O4S/c20-26(24,25)18-10-8-16(9-11-18)5-4-12-21(13-14-22)15-19(23)17-6-2-1-3-7-17/h1-3,6-11,19,22-23H,4-5,12-15H2,(H2,20,24,25)/t19-/m1/s1. The predicted molar refractivity (Wildman–Crippen MR) is 101 cm³/mol. The number of benzene rings is 2. The lowest BCUT2D eigenvalue weighted by molar-refractivity contribution is 0.0991. The zero-order valence-corrected chi connectivity index (χ0v) is 15.5. The van der Waals surface area contributed by atoms with Crippen molar-refractivity contribution in [2.45, 2.75) is 23.8 Å². The van der Waals surface area contributed by atoms with Crippen molar-refractivity contribution in [3.05, 3.63) is 65.7 Å². The van der Waals surface area contributed by atoms with Gasteiger partial charge in [0.15, 0.2) is 0 Å². The molecular formula is C19H26N2O4S. The van der Waals surface area contributed by atoms with Gasteiger partial charge in [-0.05, 0) is 42.6 Å². The molecule has 0 spiro atoms. The number of aryl methyl sites for hydroxylation is 1. The number of nitrogens with zero attached hydrogens (tertiary/aromatic N) is 1. The molecule has 7 heteroatoms. The summed E-state index contributed by atoms with van der Waals surface area (Å²) in [4.78, 5) is 2.13. The molecule has 0 heterocycles. The van der Waals surface area contributed by atoms with Gasteiger partial charge in [0.05, 0.1) is 17.6 Å². The molecule has 1 atom stereocenters. The summed E-state index contributed by atoms with van der Waals surface area (Å²) in [7, 11) is -3.66. The van der Waals surface area contributed by atoms with E-state index in [1.54, 1.807) is 12.1 Å². The normalized spacial score (nSPS) is 13.1. The molecule has 0 aliphatic rings. The third kappa shape index (κ3) is 6.51. The van der Waals surface area contributed by atoms with Crippen molar-refractivity contribution in [2.24, 2.45) is 5.14 Å². The minimum atomic E-state index is -3.66. The van der Waals surface area contributed by atoms with E-state index in [1.807, 2.05) is 35.2 Å². The zero-order valence-electron chi connectivity index (χ0n) is 14.7. The molecular weight excluding hydrogens is 352 g/mol. The molecule has 0 radical (unpaired) electrons. The molecule has 26 heavy (non-hydrogen) atoms. The first-order valence-corrected chi connectivity index (χ1v) is 10.1. The average molecular weight is 378 g/mol. The summed E-state index contributed by atoms with van der Waals surface area (Å²) in [6, 6.07) is 16.0. The second kappa shape index (κ2) is 9.80. The molecule has 0 unspecified atom stereocenters. The topological polar surface area (TPSA) is 104 Å². The molecule has 0 aliphatic heterocycles. The Hall–Kier alpha value is -1.77. The predicted octanol–water partition coefficient (Wildman–Crippen LogP) is 1.29. The van der Waals surface area contributed by atoms with Crippen molar-refractivity contribution in [2.75, 3.05) is 26.2 Å². The van der Waals surface area contributed by atoms with Crippen molar-refractivity contribution in [1.29, 1.82) is 0 Å². The van der Waals surface area contributed by atoms with Gasteiger partial charge in [-0.1, -0.05) is 42.5 Å². The number of sulfonamides is 1. The summed E-state index contributed by atoms with van der Waals surface area (Å²) in [5, 5.41) is 24.7. The maximum absolute atomic E-state index is 11.3. The number of aliphatic hydroxyl groups excluding tert-OH is 2. The van der Waals surface area contributed by atoms with Crippen LogP contribution < -0.4 is 5.14 Å². The molecule has 142 valence electrons. The van der Waals surface area contributed by atoms with Crippen molar-refractivity contribution >= 4 is 10.0 Å². The number of hydrogen-bond donors (Lipinski definition) is 3. The Morgan fingerprint density at radius 1 is 1.00 bits per heavy atom. The molecule has 2 aromatic carbocycles. The monoisotopic (exact) mass is 378 g/mol. The molecule has 6 nitrogen and oxygen atoms in total. The SMILES string of the molecule is NS(=O)(=O)c1ccc(CCCN(CCO)C[C@@H](O)c2ccccc2)cc1. The maximum atomic E-state index is 11.3. The highest BCUT2D eigenvalue weighted by Crippen LogP contribution is 2.15. The summed E-state index contributed by atoms with van der Waals surface area (Å²) < 4.78 is 22.5. The maximum Gasteiger partial charge on any atom is 0.238 e. The highest BCUT2D eigenvalue weighted by atomic mass is 32.2. The van der Waals surface area contributed by atoms with Crippen molar-refractivity contribution in [1.82, 2.24) is 4.90 Å². The molecule has 2 aromatic rings. The van der Waals surface area contributed by atoms with Crippen LogP contribution in [-0.4, -0.2) is 49.8 Å². The van der Waals surface area contributed by atoms with Gasteiger partial charge in [-0.3, -0.25) is 4.90 Å². The number of aliphatic hydroxyl groups is 2. The van der Waals surface area contributed by atoms with Gasteiger partial charge in [0.1, 0.15) is 0 Å². The van der Waals surface area contributed by atoms with E-state index in [4.69, 9.17) is 5.14 Å². The van der Waals surface area contributed by atoms with Gasteiger partial charge in [-0.15, -0.1) is 0 Å². The van der Waals surface area contributed by atoms with E-state index in [0.29, 0.717) is 13.1 Å². The van der Waals surface area contributed by atoms with Gasteiger partial charge in [-0.2, -0.15) is 0 Å². The Labute approximate surface area is 154 Å². The molecule has 0 amide bonds. The minimum absolute atomic E-state index is 0.0323. The first-order chi connectivity index (χ1) is 12.4. The van der Waals surface area contributed by atoms with E-state index in [9.17, 15) is 18.6 Å². The quantitative estimate of drug-likeness (QED) is 0.578. The van der Waals surface area contributed by atoms with E-state index in [2.05, 4.69) is 0 Å². The van der Waals surface area contributed by atoms with E-state index in [-0.39, 0.29) is 11.5 Å². The first-order valence-electron chi connectivity index (χ1n) is 8.58. The fourth-order valence-electron chi connectivity index (χ4n) is 2.81. The summed E-state index contributed by atoms with van der Waals surface area (Å²) >= 11 is 0. The van der Waals surface area contributed by atoms with E-state index < -0.39 is 16.1 Å². The minimum Gasteiger partial charge on any atom is -0.395 e. The molecule has 2 rings (SSSR count). The van der Waals surface area contributed by atoms with Gasteiger partial charge in [-0.25, -0.2) is 13.6 Å². The van der Waals surface area contributed by atoms with Crippen LogP contribution in [0.5, 0.6) is 0 Å². The molecule has 4 N–H and O–H groups in total. The van der Waals surface area contributed by atoms with E-state index in [1.165, 1.54) is 12.1 Å². The molecule has 0 saturated heterocycles. The zero-order chi connectivity index (χ0) is 19.0. The Morgan fingerprint density at radius 3 is 2.23 bits per heavy atom. The third-order valence-corrected chi connectivity index (χ3v) is 5.15. The molecule has 0 aliphatic carbocycles. The van der Waals surface area contributed by atoms with Crippen molar-refractivity contribution < 1.29 is 18.6 Å². The van der Waals surface area contributed by atoms with Crippen LogP contribution in [0, 0.1) is 0 Å². The van der Waals surface area contributed by atoms with Crippen LogP contribution in [-0.2, 0) is 16.4 Å². The lowest BCUT2D eigenvalue weighted by Crippen LogP contribution is -2.32. The fraction of sp³-hybridized carbons (Fsp3) is 0.368. The fourth-order valence-corrected chi connectivity index (χ4v) is 3.33. The highest BCUT2D eigenvalue weighted by Gasteiger charge is 2.13. The lowest BCUT2D eigenvalue weighted by Gasteiger charge is -2.24. The van der Waals surface area contributed by atoms with Crippen LogP contribution in [0.4, 0.5) is 0 Å². The average Bonchev–Trinajstić information content (AvgIpc) is 2.62. The number of hydrogen-bond acceptors (Lipinski definition) is 5. The Morgan fingerprint density at radius 2 is 1.65 bits per heavy atom. The van der Waals surface area contributed by atoms with E-state index in [0.717, 1.165) is 30.5 Å². The Balaban J connectivity index is 1.86. The smallest absolute Gasteiger partial charge is 0.238 e.